The van der Waals surface area contributed by atoms with Crippen LogP contribution in [0.3, 0.4) is 0 Å². The van der Waals surface area contributed by atoms with Crippen LogP contribution < -0.4 is 5.32 Å². The van der Waals surface area contributed by atoms with Crippen molar-refractivity contribution in [3.8, 4) is 0 Å². The van der Waals surface area contributed by atoms with Gasteiger partial charge in [0.1, 0.15) is 9.84 Å². The highest BCUT2D eigenvalue weighted by atomic mass is 32.2. The molecule has 1 N–H and O–H groups in total. The van der Waals surface area contributed by atoms with E-state index in [4.69, 9.17) is 0 Å². The Morgan fingerprint density at radius 2 is 1.76 bits per heavy atom. The van der Waals surface area contributed by atoms with Crippen molar-refractivity contribution in [1.82, 2.24) is 5.32 Å². The van der Waals surface area contributed by atoms with E-state index < -0.39 is 9.84 Å². The Balaban J connectivity index is 3.68. The van der Waals surface area contributed by atoms with Gasteiger partial charge in [0.25, 0.3) is 0 Å². The van der Waals surface area contributed by atoms with Gasteiger partial charge in [-0.3, -0.25) is 0 Å². The molecule has 4 heteroatoms. The molecule has 3 nitrogen and oxygen atoms in total. The highest BCUT2D eigenvalue weighted by molar-refractivity contribution is 7.90. The van der Waals surface area contributed by atoms with Crippen molar-refractivity contribution < 1.29 is 8.42 Å². The normalized spacial score (nSPS) is 14.2. The van der Waals surface area contributed by atoms with Crippen LogP contribution >= 0.6 is 0 Å². The van der Waals surface area contributed by atoms with Crippen LogP contribution in [0, 0.1) is 5.92 Å². The molecule has 0 saturated heterocycles. The average molecular weight is 263 g/mol. The SMILES string of the molecule is CCCNC(CCCCCS(C)(=O)=O)C(C)C. The zero-order valence-electron chi connectivity index (χ0n) is 11.8. The predicted molar refractivity (Wildman–Crippen MR) is 75.1 cm³/mol. The van der Waals surface area contributed by atoms with Gasteiger partial charge in [-0.05, 0) is 31.7 Å². The molecular weight excluding hydrogens is 234 g/mol. The summed E-state index contributed by atoms with van der Waals surface area (Å²) < 4.78 is 21.9. The molecule has 0 fully saturated rings. The molecule has 1 atom stereocenters. The van der Waals surface area contributed by atoms with Gasteiger partial charge in [-0.25, -0.2) is 8.42 Å². The summed E-state index contributed by atoms with van der Waals surface area (Å²) in [5, 5.41) is 3.56. The van der Waals surface area contributed by atoms with Crippen molar-refractivity contribution in [3.63, 3.8) is 0 Å². The van der Waals surface area contributed by atoms with Gasteiger partial charge < -0.3 is 5.32 Å². The summed E-state index contributed by atoms with van der Waals surface area (Å²) in [7, 11) is -2.77. The molecule has 0 bridgehead atoms. The molecule has 104 valence electrons. The molecule has 0 amide bonds. The molecule has 0 aliphatic heterocycles. The molecular formula is C13H29NO2S. The van der Waals surface area contributed by atoms with Gasteiger partial charge in [-0.1, -0.05) is 33.6 Å². The highest BCUT2D eigenvalue weighted by Gasteiger charge is 2.11. The zero-order valence-corrected chi connectivity index (χ0v) is 12.6. The number of hydrogen-bond donors (Lipinski definition) is 1. The van der Waals surface area contributed by atoms with Crippen LogP contribution in [-0.4, -0.2) is 33.0 Å². The van der Waals surface area contributed by atoms with Gasteiger partial charge in [0.05, 0.1) is 0 Å². The molecule has 17 heavy (non-hydrogen) atoms. The van der Waals surface area contributed by atoms with E-state index in [1.807, 2.05) is 0 Å². The Morgan fingerprint density at radius 3 is 2.24 bits per heavy atom. The number of hydrogen-bond acceptors (Lipinski definition) is 3. The van der Waals surface area contributed by atoms with Crippen LogP contribution in [0.5, 0.6) is 0 Å². The van der Waals surface area contributed by atoms with Gasteiger partial charge in [0, 0.05) is 18.1 Å². The molecule has 0 rings (SSSR count). The number of rotatable bonds is 10. The quantitative estimate of drug-likeness (QED) is 0.616. The first-order chi connectivity index (χ1) is 7.87. The third-order valence-corrected chi connectivity index (χ3v) is 4.02. The van der Waals surface area contributed by atoms with Gasteiger partial charge in [0.15, 0.2) is 0 Å². The molecule has 0 aliphatic carbocycles. The maximum Gasteiger partial charge on any atom is 0.147 e. The van der Waals surface area contributed by atoms with E-state index >= 15 is 0 Å². The van der Waals surface area contributed by atoms with Crippen molar-refractivity contribution in [2.24, 2.45) is 5.92 Å². The minimum atomic E-state index is -2.77. The molecule has 0 aromatic rings. The highest BCUT2D eigenvalue weighted by Crippen LogP contribution is 2.11. The molecule has 0 aromatic carbocycles. The second-order valence-corrected chi connectivity index (χ2v) is 7.54. The van der Waals surface area contributed by atoms with Crippen LogP contribution in [0.25, 0.3) is 0 Å². The topological polar surface area (TPSA) is 46.2 Å². The number of unbranched alkanes of at least 4 members (excludes halogenated alkanes) is 2. The molecule has 0 heterocycles. The van der Waals surface area contributed by atoms with Crippen LogP contribution in [0.1, 0.15) is 52.9 Å². The molecule has 1 unspecified atom stereocenters. The smallest absolute Gasteiger partial charge is 0.147 e. The number of sulfone groups is 1. The second-order valence-electron chi connectivity index (χ2n) is 5.28. The van der Waals surface area contributed by atoms with Gasteiger partial charge in [0.2, 0.25) is 0 Å². The third-order valence-electron chi connectivity index (χ3n) is 2.99. The van der Waals surface area contributed by atoms with Gasteiger partial charge >= 0.3 is 0 Å². The van der Waals surface area contributed by atoms with E-state index in [0.29, 0.717) is 17.7 Å². The van der Waals surface area contributed by atoms with Gasteiger partial charge in [-0.15, -0.1) is 0 Å². The predicted octanol–water partition coefficient (Wildman–Crippen LogP) is 2.62. The van der Waals surface area contributed by atoms with Crippen molar-refractivity contribution in [3.05, 3.63) is 0 Å². The molecule has 0 spiro atoms. The maximum atomic E-state index is 11.0. The average Bonchev–Trinajstić information content (AvgIpc) is 2.20. The van der Waals surface area contributed by atoms with Crippen molar-refractivity contribution >= 4 is 9.84 Å². The standard InChI is InChI=1S/C13H29NO2S/c1-5-10-14-13(12(2)3)9-7-6-8-11-17(4,15)16/h12-14H,5-11H2,1-4H3. The first-order valence-electron chi connectivity index (χ1n) is 6.78. The summed E-state index contributed by atoms with van der Waals surface area (Å²) in [6.07, 6.45) is 6.57. The minimum Gasteiger partial charge on any atom is -0.314 e. The molecule has 0 aliphatic rings. The monoisotopic (exact) mass is 263 g/mol. The van der Waals surface area contributed by atoms with Crippen LogP contribution in [0.2, 0.25) is 0 Å². The van der Waals surface area contributed by atoms with Crippen molar-refractivity contribution in [2.75, 3.05) is 18.6 Å². The Kier molecular flexibility index (Phi) is 8.88. The van der Waals surface area contributed by atoms with E-state index in [0.717, 1.165) is 38.6 Å². The summed E-state index contributed by atoms with van der Waals surface area (Å²) >= 11 is 0. The van der Waals surface area contributed by atoms with E-state index in [1.165, 1.54) is 6.26 Å². The minimum absolute atomic E-state index is 0.335. The summed E-state index contributed by atoms with van der Waals surface area (Å²) in [6, 6.07) is 0.577. The first kappa shape index (κ1) is 16.9. The van der Waals surface area contributed by atoms with E-state index in [1.54, 1.807) is 0 Å². The van der Waals surface area contributed by atoms with Gasteiger partial charge in [-0.2, -0.15) is 0 Å². The Bertz CT molecular complexity index is 273. The van der Waals surface area contributed by atoms with E-state index in [9.17, 15) is 8.42 Å². The van der Waals surface area contributed by atoms with E-state index in [-0.39, 0.29) is 0 Å². The Hall–Kier alpha value is -0.0900. The number of nitrogens with one attached hydrogen (secondary N) is 1. The third kappa shape index (κ3) is 10.8. The fraction of sp³-hybridized carbons (Fsp3) is 1.00. The molecule has 0 aromatic heterocycles. The maximum absolute atomic E-state index is 11.0. The lowest BCUT2D eigenvalue weighted by molar-refractivity contribution is 0.366. The van der Waals surface area contributed by atoms with Crippen molar-refractivity contribution in [2.45, 2.75) is 58.9 Å². The summed E-state index contributed by atoms with van der Waals surface area (Å²) in [4.78, 5) is 0. The Morgan fingerprint density at radius 1 is 1.12 bits per heavy atom. The lowest BCUT2D eigenvalue weighted by atomic mass is 9.98. The Labute approximate surface area is 107 Å². The summed E-state index contributed by atoms with van der Waals surface area (Å²) in [5.74, 6) is 0.985. The second kappa shape index (κ2) is 8.92. The van der Waals surface area contributed by atoms with Crippen molar-refractivity contribution in [1.29, 1.82) is 0 Å². The molecule has 0 saturated carbocycles. The zero-order chi connectivity index (χ0) is 13.3. The fourth-order valence-electron chi connectivity index (χ4n) is 1.91. The fourth-order valence-corrected chi connectivity index (χ4v) is 2.63. The lowest BCUT2D eigenvalue weighted by Gasteiger charge is -2.22. The van der Waals surface area contributed by atoms with E-state index in [2.05, 4.69) is 26.1 Å². The van der Waals surface area contributed by atoms with Crippen LogP contribution in [-0.2, 0) is 9.84 Å². The molecule has 0 radical (unpaired) electrons. The summed E-state index contributed by atoms with van der Waals surface area (Å²) in [5.41, 5.74) is 0. The largest absolute Gasteiger partial charge is 0.314 e. The first-order valence-corrected chi connectivity index (χ1v) is 8.84. The van der Waals surface area contributed by atoms with Crippen LogP contribution in [0.4, 0.5) is 0 Å². The summed E-state index contributed by atoms with van der Waals surface area (Å²) in [6.45, 7) is 7.73. The van der Waals surface area contributed by atoms with Crippen LogP contribution in [0.15, 0.2) is 0 Å². The lowest BCUT2D eigenvalue weighted by Crippen LogP contribution is -2.34.